The first-order valence-electron chi connectivity index (χ1n) is 7.09. The van der Waals surface area contributed by atoms with Crippen molar-refractivity contribution in [2.45, 2.75) is 0 Å². The van der Waals surface area contributed by atoms with Gasteiger partial charge in [-0.1, -0.05) is 18.7 Å². The van der Waals surface area contributed by atoms with Gasteiger partial charge in [-0.3, -0.25) is 0 Å². The van der Waals surface area contributed by atoms with E-state index in [1.54, 1.807) is 25.3 Å². The van der Waals surface area contributed by atoms with Crippen molar-refractivity contribution in [2.24, 2.45) is 0 Å². The zero-order valence-corrected chi connectivity index (χ0v) is 13.1. The molecule has 5 heteroatoms. The van der Waals surface area contributed by atoms with Crippen molar-refractivity contribution in [2.75, 3.05) is 7.11 Å². The van der Waals surface area contributed by atoms with Crippen molar-refractivity contribution < 1.29 is 23.8 Å². The smallest absolute Gasteiger partial charge is 0.336 e. The third kappa shape index (κ3) is 5.14. The van der Waals surface area contributed by atoms with E-state index in [-0.39, 0.29) is 0 Å². The van der Waals surface area contributed by atoms with Gasteiger partial charge in [0.2, 0.25) is 0 Å². The van der Waals surface area contributed by atoms with Crippen molar-refractivity contribution >= 4 is 18.0 Å². The fourth-order valence-electron chi connectivity index (χ4n) is 1.76. The second-order valence-electron chi connectivity index (χ2n) is 4.62. The zero-order valence-electron chi connectivity index (χ0n) is 13.1. The van der Waals surface area contributed by atoms with E-state index in [0.717, 1.165) is 17.4 Å². The minimum absolute atomic E-state index is 0.341. The molecule has 0 saturated carbocycles. The predicted molar refractivity (Wildman–Crippen MR) is 89.9 cm³/mol. The van der Waals surface area contributed by atoms with Crippen LogP contribution in [0.1, 0.15) is 5.56 Å². The topological polar surface area (TPSA) is 61.8 Å². The molecule has 0 aliphatic heterocycles. The first kappa shape index (κ1) is 17.0. The first-order valence-corrected chi connectivity index (χ1v) is 7.09. The summed E-state index contributed by atoms with van der Waals surface area (Å²) < 4.78 is 15.1. The molecule has 0 heterocycles. The molecule has 0 N–H and O–H groups in total. The van der Waals surface area contributed by atoms with Crippen LogP contribution >= 0.6 is 0 Å². The van der Waals surface area contributed by atoms with E-state index in [0.29, 0.717) is 11.5 Å². The third-order valence-electron chi connectivity index (χ3n) is 2.95. The number of methoxy groups -OCH3 is 1. The molecule has 0 bridgehead atoms. The molecule has 2 aromatic rings. The number of hydrogen-bond donors (Lipinski definition) is 0. The highest BCUT2D eigenvalue weighted by Crippen LogP contribution is 2.18. The number of hydrogen-bond acceptors (Lipinski definition) is 5. The molecule has 0 aliphatic carbocycles. The number of carbonyl (C=O) groups excluding carboxylic acids is 2. The maximum Gasteiger partial charge on any atom is 0.336 e. The van der Waals surface area contributed by atoms with Gasteiger partial charge < -0.3 is 14.2 Å². The average molecular weight is 324 g/mol. The van der Waals surface area contributed by atoms with Crippen LogP contribution < -0.4 is 14.2 Å². The lowest BCUT2D eigenvalue weighted by molar-refractivity contribution is -0.130. The largest absolute Gasteiger partial charge is 0.497 e. The van der Waals surface area contributed by atoms with Crippen LogP contribution in [0, 0.1) is 0 Å². The molecule has 122 valence electrons. The molecule has 0 aromatic heterocycles. The fraction of sp³-hybridized carbons (Fsp3) is 0.0526. The molecule has 0 atom stereocenters. The van der Waals surface area contributed by atoms with E-state index in [4.69, 9.17) is 14.2 Å². The van der Waals surface area contributed by atoms with Gasteiger partial charge in [0.15, 0.2) is 0 Å². The van der Waals surface area contributed by atoms with Crippen LogP contribution in [0.15, 0.2) is 67.3 Å². The molecule has 0 unspecified atom stereocenters. The Kier molecular flexibility index (Phi) is 5.91. The maximum atomic E-state index is 11.8. The number of carbonyl (C=O) groups is 2. The van der Waals surface area contributed by atoms with Gasteiger partial charge in [-0.2, -0.15) is 0 Å². The van der Waals surface area contributed by atoms with Gasteiger partial charge in [0, 0.05) is 12.2 Å². The van der Waals surface area contributed by atoms with Crippen LogP contribution in [0.3, 0.4) is 0 Å². The molecule has 5 nitrogen and oxygen atoms in total. The average Bonchev–Trinajstić information content (AvgIpc) is 2.62. The standard InChI is InChI=1S/C19H16O5/c1-3-18(20)23-16-9-11-17(12-10-16)24-19(21)13-6-14-4-7-15(22-2)8-5-14/h3-13H,1H2,2H3. The van der Waals surface area contributed by atoms with Crippen LogP contribution in [-0.2, 0) is 9.59 Å². The van der Waals surface area contributed by atoms with Gasteiger partial charge in [-0.15, -0.1) is 0 Å². The predicted octanol–water partition coefficient (Wildman–Crippen LogP) is 3.41. The Morgan fingerprint density at radius 3 is 1.83 bits per heavy atom. The molecule has 0 radical (unpaired) electrons. The maximum absolute atomic E-state index is 11.8. The van der Waals surface area contributed by atoms with E-state index < -0.39 is 11.9 Å². The van der Waals surface area contributed by atoms with Crippen molar-refractivity contribution in [1.82, 2.24) is 0 Å². The Hall–Kier alpha value is -3.34. The summed E-state index contributed by atoms with van der Waals surface area (Å²) in [5.74, 6) is 0.363. The normalized spacial score (nSPS) is 10.2. The van der Waals surface area contributed by atoms with Gasteiger partial charge in [0.05, 0.1) is 7.11 Å². The monoisotopic (exact) mass is 324 g/mol. The highest BCUT2D eigenvalue weighted by Gasteiger charge is 2.03. The summed E-state index contributed by atoms with van der Waals surface area (Å²) in [7, 11) is 1.59. The van der Waals surface area contributed by atoms with Gasteiger partial charge in [-0.05, 0) is 48.0 Å². The Balaban J connectivity index is 1.92. The molecule has 2 rings (SSSR count). The lowest BCUT2D eigenvalue weighted by atomic mass is 10.2. The van der Waals surface area contributed by atoms with Crippen molar-refractivity contribution in [3.63, 3.8) is 0 Å². The van der Waals surface area contributed by atoms with Crippen LogP contribution in [0.2, 0.25) is 0 Å². The molecular weight excluding hydrogens is 308 g/mol. The number of esters is 2. The number of ether oxygens (including phenoxy) is 3. The quantitative estimate of drug-likeness (QED) is 0.463. The zero-order chi connectivity index (χ0) is 17.4. The van der Waals surface area contributed by atoms with Crippen LogP contribution in [-0.4, -0.2) is 19.0 Å². The fourth-order valence-corrected chi connectivity index (χ4v) is 1.76. The molecule has 0 spiro atoms. The van der Waals surface area contributed by atoms with Gasteiger partial charge >= 0.3 is 11.9 Å². The molecule has 0 fully saturated rings. The summed E-state index contributed by atoms with van der Waals surface area (Å²) in [6.07, 6.45) is 4.04. The van der Waals surface area contributed by atoms with Gasteiger partial charge in [0.1, 0.15) is 17.2 Å². The summed E-state index contributed by atoms with van der Waals surface area (Å²) in [5, 5.41) is 0. The van der Waals surface area contributed by atoms with Crippen molar-refractivity contribution in [1.29, 1.82) is 0 Å². The minimum atomic E-state index is -0.554. The molecule has 0 amide bonds. The van der Waals surface area contributed by atoms with Crippen LogP contribution in [0.25, 0.3) is 6.08 Å². The van der Waals surface area contributed by atoms with E-state index in [1.165, 1.54) is 30.3 Å². The van der Waals surface area contributed by atoms with Crippen LogP contribution in [0.5, 0.6) is 17.2 Å². The van der Waals surface area contributed by atoms with E-state index in [9.17, 15) is 9.59 Å². The highest BCUT2D eigenvalue weighted by atomic mass is 16.5. The second-order valence-corrected chi connectivity index (χ2v) is 4.62. The Morgan fingerprint density at radius 1 is 0.833 bits per heavy atom. The van der Waals surface area contributed by atoms with Crippen molar-refractivity contribution in [3.8, 4) is 17.2 Å². The Bertz CT molecular complexity index is 742. The van der Waals surface area contributed by atoms with E-state index >= 15 is 0 Å². The minimum Gasteiger partial charge on any atom is -0.497 e. The third-order valence-corrected chi connectivity index (χ3v) is 2.95. The second kappa shape index (κ2) is 8.33. The molecule has 24 heavy (non-hydrogen) atoms. The SMILES string of the molecule is C=CC(=O)Oc1ccc(OC(=O)C=Cc2ccc(OC)cc2)cc1. The molecular formula is C19H16O5. The van der Waals surface area contributed by atoms with E-state index in [1.807, 2.05) is 12.1 Å². The Morgan fingerprint density at radius 2 is 1.33 bits per heavy atom. The number of benzene rings is 2. The lowest BCUT2D eigenvalue weighted by Crippen LogP contribution is -2.05. The van der Waals surface area contributed by atoms with Gasteiger partial charge in [0.25, 0.3) is 0 Å². The Labute approximate surface area is 139 Å². The van der Waals surface area contributed by atoms with Crippen molar-refractivity contribution in [3.05, 3.63) is 72.8 Å². The molecule has 0 aliphatic rings. The summed E-state index contributed by atoms with van der Waals surface area (Å²) >= 11 is 0. The summed E-state index contributed by atoms with van der Waals surface area (Å²) in [5.41, 5.74) is 0.847. The molecule has 2 aromatic carbocycles. The number of rotatable bonds is 6. The summed E-state index contributed by atoms with van der Waals surface area (Å²) in [6, 6.07) is 13.4. The first-order chi connectivity index (χ1) is 11.6. The molecule has 0 saturated heterocycles. The summed E-state index contributed by atoms with van der Waals surface area (Å²) in [4.78, 5) is 22.8. The van der Waals surface area contributed by atoms with Crippen LogP contribution in [0.4, 0.5) is 0 Å². The van der Waals surface area contributed by atoms with E-state index in [2.05, 4.69) is 6.58 Å². The summed E-state index contributed by atoms with van der Waals surface area (Å²) in [6.45, 7) is 3.31. The highest BCUT2D eigenvalue weighted by molar-refractivity contribution is 5.88. The van der Waals surface area contributed by atoms with Gasteiger partial charge in [-0.25, -0.2) is 9.59 Å². The lowest BCUT2D eigenvalue weighted by Gasteiger charge is -2.04.